The normalized spacial score (nSPS) is 10.4. The number of rotatable bonds is 5. The van der Waals surface area contributed by atoms with Crippen LogP contribution in [0.15, 0.2) is 48.9 Å². The minimum Gasteiger partial charge on any atom is -0.350 e. The predicted molar refractivity (Wildman–Crippen MR) is 102 cm³/mol. The summed E-state index contributed by atoms with van der Waals surface area (Å²) in [5.41, 5.74) is 5.43. The standard InChI is InChI=1S/C20H21N5O/c1-13-10-14(2)18(15(3)11-13)25-19(26)17-6-9-22-20(24-17)23-12-16-4-7-21-8-5-16/h4-11H,12H2,1-3H3,(H,25,26)(H,22,23,24). The molecule has 0 spiro atoms. The minimum absolute atomic E-state index is 0.255. The smallest absolute Gasteiger partial charge is 0.274 e. The molecule has 1 amide bonds. The van der Waals surface area contributed by atoms with Crippen LogP contribution in [0.2, 0.25) is 0 Å². The third-order valence-electron chi connectivity index (χ3n) is 4.00. The number of nitrogens with one attached hydrogen (secondary N) is 2. The van der Waals surface area contributed by atoms with E-state index in [1.807, 2.05) is 45.0 Å². The molecule has 0 saturated carbocycles. The highest BCUT2D eigenvalue weighted by molar-refractivity contribution is 6.03. The van der Waals surface area contributed by atoms with E-state index in [-0.39, 0.29) is 5.91 Å². The monoisotopic (exact) mass is 347 g/mol. The molecule has 1 aromatic carbocycles. The second-order valence-electron chi connectivity index (χ2n) is 6.20. The van der Waals surface area contributed by atoms with Crippen molar-refractivity contribution in [3.63, 3.8) is 0 Å². The summed E-state index contributed by atoms with van der Waals surface area (Å²) < 4.78 is 0. The Labute approximate surface area is 152 Å². The molecule has 6 heteroatoms. The molecule has 0 saturated heterocycles. The highest BCUT2D eigenvalue weighted by Crippen LogP contribution is 2.22. The van der Waals surface area contributed by atoms with E-state index >= 15 is 0 Å². The molecule has 2 heterocycles. The first-order valence-electron chi connectivity index (χ1n) is 8.38. The second kappa shape index (κ2) is 7.74. The number of benzene rings is 1. The van der Waals surface area contributed by atoms with Gasteiger partial charge in [-0.25, -0.2) is 9.97 Å². The Kier molecular flexibility index (Phi) is 5.22. The molecule has 2 aromatic heterocycles. The van der Waals surface area contributed by atoms with Crippen LogP contribution in [0.25, 0.3) is 0 Å². The highest BCUT2D eigenvalue weighted by atomic mass is 16.1. The molecule has 0 aliphatic carbocycles. The van der Waals surface area contributed by atoms with Gasteiger partial charge in [0.2, 0.25) is 5.95 Å². The van der Waals surface area contributed by atoms with Crippen LogP contribution in [0, 0.1) is 20.8 Å². The summed E-state index contributed by atoms with van der Waals surface area (Å²) in [4.78, 5) is 25.1. The third kappa shape index (κ3) is 4.22. The van der Waals surface area contributed by atoms with E-state index in [2.05, 4.69) is 25.6 Å². The molecule has 0 aliphatic heterocycles. The molecule has 26 heavy (non-hydrogen) atoms. The molecule has 2 N–H and O–H groups in total. The van der Waals surface area contributed by atoms with E-state index in [4.69, 9.17) is 0 Å². The van der Waals surface area contributed by atoms with Crippen molar-refractivity contribution in [2.45, 2.75) is 27.3 Å². The molecule has 0 fully saturated rings. The zero-order valence-electron chi connectivity index (χ0n) is 15.1. The lowest BCUT2D eigenvalue weighted by atomic mass is 10.1. The maximum Gasteiger partial charge on any atom is 0.274 e. The first kappa shape index (κ1) is 17.5. The van der Waals surface area contributed by atoms with Gasteiger partial charge in [-0.1, -0.05) is 17.7 Å². The Balaban J connectivity index is 1.72. The highest BCUT2D eigenvalue weighted by Gasteiger charge is 2.12. The van der Waals surface area contributed by atoms with Gasteiger partial charge in [0.05, 0.1) is 0 Å². The van der Waals surface area contributed by atoms with Gasteiger partial charge in [-0.15, -0.1) is 0 Å². The molecular formula is C20H21N5O. The van der Waals surface area contributed by atoms with Crippen LogP contribution >= 0.6 is 0 Å². The van der Waals surface area contributed by atoms with Gasteiger partial charge in [0.1, 0.15) is 5.69 Å². The fourth-order valence-corrected chi connectivity index (χ4v) is 2.81. The number of carbonyl (C=O) groups is 1. The number of anilines is 2. The average molecular weight is 347 g/mol. The summed E-state index contributed by atoms with van der Waals surface area (Å²) in [6.45, 7) is 6.56. The minimum atomic E-state index is -0.255. The zero-order chi connectivity index (χ0) is 18.5. The molecule has 0 aliphatic rings. The van der Waals surface area contributed by atoms with Crippen LogP contribution in [-0.2, 0) is 6.54 Å². The predicted octanol–water partition coefficient (Wildman–Crippen LogP) is 3.66. The number of hydrogen-bond donors (Lipinski definition) is 2. The number of aromatic nitrogens is 3. The van der Waals surface area contributed by atoms with Crippen LogP contribution in [0.1, 0.15) is 32.7 Å². The van der Waals surface area contributed by atoms with Crippen LogP contribution in [0.4, 0.5) is 11.6 Å². The Morgan fingerprint density at radius 3 is 2.38 bits per heavy atom. The molecule has 6 nitrogen and oxygen atoms in total. The van der Waals surface area contributed by atoms with E-state index in [1.54, 1.807) is 24.7 Å². The summed E-state index contributed by atoms with van der Waals surface area (Å²) in [6, 6.07) is 9.51. The first-order chi connectivity index (χ1) is 12.5. The van der Waals surface area contributed by atoms with Gasteiger partial charge in [-0.3, -0.25) is 9.78 Å². The Bertz CT molecular complexity index is 901. The van der Waals surface area contributed by atoms with Crippen molar-refractivity contribution in [1.82, 2.24) is 15.0 Å². The van der Waals surface area contributed by atoms with E-state index in [0.717, 1.165) is 22.4 Å². The number of nitrogens with zero attached hydrogens (tertiary/aromatic N) is 3. The van der Waals surface area contributed by atoms with Crippen molar-refractivity contribution >= 4 is 17.5 Å². The Morgan fingerprint density at radius 1 is 1.00 bits per heavy atom. The number of amides is 1. The largest absolute Gasteiger partial charge is 0.350 e. The molecular weight excluding hydrogens is 326 g/mol. The molecule has 3 aromatic rings. The van der Waals surface area contributed by atoms with Gasteiger partial charge in [0.25, 0.3) is 5.91 Å². The fraction of sp³-hybridized carbons (Fsp3) is 0.200. The SMILES string of the molecule is Cc1cc(C)c(NC(=O)c2ccnc(NCc3ccncc3)n2)c(C)c1. The van der Waals surface area contributed by atoms with E-state index < -0.39 is 0 Å². The van der Waals surface area contributed by atoms with Gasteiger partial charge in [0.15, 0.2) is 0 Å². The Hall–Kier alpha value is -3.28. The third-order valence-corrected chi connectivity index (χ3v) is 4.00. The molecule has 0 atom stereocenters. The van der Waals surface area contributed by atoms with Crippen LogP contribution in [-0.4, -0.2) is 20.9 Å². The quantitative estimate of drug-likeness (QED) is 0.736. The average Bonchev–Trinajstić information content (AvgIpc) is 2.64. The summed E-state index contributed by atoms with van der Waals surface area (Å²) in [5.74, 6) is 0.154. The fourth-order valence-electron chi connectivity index (χ4n) is 2.81. The van der Waals surface area contributed by atoms with Crippen molar-refractivity contribution in [3.05, 3.63) is 76.9 Å². The molecule has 0 unspecified atom stereocenters. The van der Waals surface area contributed by atoms with Crippen molar-refractivity contribution in [2.75, 3.05) is 10.6 Å². The van der Waals surface area contributed by atoms with Crippen molar-refractivity contribution < 1.29 is 4.79 Å². The van der Waals surface area contributed by atoms with Crippen LogP contribution < -0.4 is 10.6 Å². The van der Waals surface area contributed by atoms with Gasteiger partial charge >= 0.3 is 0 Å². The second-order valence-corrected chi connectivity index (χ2v) is 6.20. The first-order valence-corrected chi connectivity index (χ1v) is 8.38. The van der Waals surface area contributed by atoms with Crippen molar-refractivity contribution in [3.8, 4) is 0 Å². The van der Waals surface area contributed by atoms with Gasteiger partial charge < -0.3 is 10.6 Å². The lowest BCUT2D eigenvalue weighted by molar-refractivity contribution is 0.102. The number of carbonyl (C=O) groups excluding carboxylic acids is 1. The zero-order valence-corrected chi connectivity index (χ0v) is 15.1. The topological polar surface area (TPSA) is 79.8 Å². The van der Waals surface area contributed by atoms with E-state index in [9.17, 15) is 4.79 Å². The maximum atomic E-state index is 12.6. The number of hydrogen-bond acceptors (Lipinski definition) is 5. The van der Waals surface area contributed by atoms with Crippen molar-refractivity contribution in [1.29, 1.82) is 0 Å². The maximum absolute atomic E-state index is 12.6. The Morgan fingerprint density at radius 2 is 1.69 bits per heavy atom. The summed E-state index contributed by atoms with van der Waals surface area (Å²) in [6.07, 6.45) is 5.04. The number of pyridine rings is 1. The molecule has 3 rings (SSSR count). The lowest BCUT2D eigenvalue weighted by Gasteiger charge is -2.13. The molecule has 132 valence electrons. The lowest BCUT2D eigenvalue weighted by Crippen LogP contribution is -2.16. The van der Waals surface area contributed by atoms with E-state index in [0.29, 0.717) is 18.2 Å². The van der Waals surface area contributed by atoms with E-state index in [1.165, 1.54) is 5.56 Å². The molecule has 0 bridgehead atoms. The van der Waals surface area contributed by atoms with Crippen LogP contribution in [0.3, 0.4) is 0 Å². The summed E-state index contributed by atoms with van der Waals surface area (Å²) >= 11 is 0. The summed E-state index contributed by atoms with van der Waals surface area (Å²) in [5, 5.41) is 6.08. The van der Waals surface area contributed by atoms with Crippen molar-refractivity contribution in [2.24, 2.45) is 0 Å². The van der Waals surface area contributed by atoms with Crippen LogP contribution in [0.5, 0.6) is 0 Å². The molecule has 0 radical (unpaired) electrons. The number of aryl methyl sites for hydroxylation is 3. The summed E-state index contributed by atoms with van der Waals surface area (Å²) in [7, 11) is 0. The van der Waals surface area contributed by atoms with Gasteiger partial charge in [-0.2, -0.15) is 0 Å². The van der Waals surface area contributed by atoms with Gasteiger partial charge in [-0.05, 0) is 55.7 Å². The van der Waals surface area contributed by atoms with Gasteiger partial charge in [0, 0.05) is 30.8 Å².